The van der Waals surface area contributed by atoms with Gasteiger partial charge in [0, 0.05) is 23.3 Å². The van der Waals surface area contributed by atoms with E-state index in [0.29, 0.717) is 6.54 Å². The minimum absolute atomic E-state index is 0. The number of rotatable bonds is 4. The number of benzene rings is 1. The van der Waals surface area contributed by atoms with Gasteiger partial charge in [-0.1, -0.05) is 12.1 Å². The van der Waals surface area contributed by atoms with Gasteiger partial charge in [-0.25, -0.2) is 0 Å². The van der Waals surface area contributed by atoms with Crippen molar-refractivity contribution in [1.29, 1.82) is 0 Å². The molecule has 0 bridgehead atoms. The van der Waals surface area contributed by atoms with Gasteiger partial charge >= 0.3 is 0 Å². The van der Waals surface area contributed by atoms with Gasteiger partial charge in [0.15, 0.2) is 0 Å². The number of hydrogen-bond acceptors (Lipinski definition) is 3. The second-order valence-electron chi connectivity index (χ2n) is 7.57. The number of halogens is 2. The zero-order valence-electron chi connectivity index (χ0n) is 17.2. The zero-order valence-corrected chi connectivity index (χ0v) is 18.9. The number of carbonyl (C=O) groups excluding carboxylic acids is 1. The minimum atomic E-state index is -0.0185. The first-order valence-electron chi connectivity index (χ1n) is 9.78. The summed E-state index contributed by atoms with van der Waals surface area (Å²) < 4.78 is 2.15. The maximum Gasteiger partial charge on any atom is 0.253 e. The number of fused-ring (bicyclic) bond motifs is 1. The monoisotopic (exact) mass is 446 g/mol. The highest BCUT2D eigenvalue weighted by Crippen LogP contribution is 2.31. The Morgan fingerprint density at radius 1 is 1.20 bits per heavy atom. The molecule has 0 aliphatic heterocycles. The lowest BCUT2D eigenvalue weighted by Gasteiger charge is -2.26. The van der Waals surface area contributed by atoms with Gasteiger partial charge in [0.2, 0.25) is 0 Å². The highest BCUT2D eigenvalue weighted by molar-refractivity contribution is 5.96. The molecule has 0 radical (unpaired) electrons. The second-order valence-corrected chi connectivity index (χ2v) is 7.57. The third-order valence-electron chi connectivity index (χ3n) is 5.65. The molecule has 5 nitrogen and oxygen atoms in total. The molecule has 1 aliphatic rings. The van der Waals surface area contributed by atoms with Crippen LogP contribution >= 0.6 is 24.8 Å². The zero-order chi connectivity index (χ0) is 19.7. The van der Waals surface area contributed by atoms with Crippen molar-refractivity contribution in [1.82, 2.24) is 14.9 Å². The Labute approximate surface area is 189 Å². The summed E-state index contributed by atoms with van der Waals surface area (Å²) in [5.41, 5.74) is 12.9. The maximum absolute atomic E-state index is 13.1. The van der Waals surface area contributed by atoms with Gasteiger partial charge in [-0.05, 0) is 74.6 Å². The Balaban J connectivity index is 0.00000160. The van der Waals surface area contributed by atoms with Gasteiger partial charge in [0.05, 0.1) is 23.8 Å². The van der Waals surface area contributed by atoms with E-state index in [0.717, 1.165) is 47.6 Å². The first-order valence-corrected chi connectivity index (χ1v) is 9.78. The fourth-order valence-electron chi connectivity index (χ4n) is 4.15. The van der Waals surface area contributed by atoms with Crippen molar-refractivity contribution in [3.8, 4) is 0 Å². The minimum Gasteiger partial charge on any atom is -0.399 e. The Bertz CT molecular complexity index is 1020. The lowest BCUT2D eigenvalue weighted by molar-refractivity contribution is 0.0932. The van der Waals surface area contributed by atoms with Crippen LogP contribution in [0.25, 0.3) is 0 Å². The molecule has 0 spiro atoms. The third-order valence-corrected chi connectivity index (χ3v) is 5.65. The Hall–Kier alpha value is -2.50. The molecule has 1 unspecified atom stereocenters. The number of hydrogen-bond donors (Lipinski definition) is 2. The summed E-state index contributed by atoms with van der Waals surface area (Å²) >= 11 is 0. The van der Waals surface area contributed by atoms with Gasteiger partial charge in [-0.2, -0.15) is 0 Å². The van der Waals surface area contributed by atoms with Crippen LogP contribution in [0.2, 0.25) is 0 Å². The summed E-state index contributed by atoms with van der Waals surface area (Å²) in [6.07, 6.45) is 4.82. The highest BCUT2D eigenvalue weighted by Gasteiger charge is 2.24. The first kappa shape index (κ1) is 23.8. The molecule has 1 aromatic carbocycles. The summed E-state index contributed by atoms with van der Waals surface area (Å²) in [6, 6.07) is 13.9. The Morgan fingerprint density at radius 3 is 2.73 bits per heavy atom. The van der Waals surface area contributed by atoms with Crippen molar-refractivity contribution in [3.63, 3.8) is 0 Å². The number of aryl methyl sites for hydroxylation is 2. The van der Waals surface area contributed by atoms with Crippen LogP contribution in [-0.2, 0) is 13.0 Å². The van der Waals surface area contributed by atoms with Crippen molar-refractivity contribution in [2.45, 2.75) is 45.7 Å². The van der Waals surface area contributed by atoms with E-state index >= 15 is 0 Å². The van der Waals surface area contributed by atoms with E-state index in [4.69, 9.17) is 5.73 Å². The second kappa shape index (κ2) is 10.0. The molecule has 0 saturated heterocycles. The van der Waals surface area contributed by atoms with Gasteiger partial charge in [-0.3, -0.25) is 9.78 Å². The van der Waals surface area contributed by atoms with Crippen LogP contribution in [0.3, 0.4) is 0 Å². The van der Waals surface area contributed by atoms with Crippen LogP contribution in [-0.4, -0.2) is 15.5 Å². The van der Waals surface area contributed by atoms with Crippen molar-refractivity contribution < 1.29 is 4.79 Å². The molecule has 0 saturated carbocycles. The average Bonchev–Trinajstić information content (AvgIpc) is 2.97. The van der Waals surface area contributed by atoms with Gasteiger partial charge in [0.1, 0.15) is 0 Å². The molecule has 0 fully saturated rings. The van der Waals surface area contributed by atoms with Crippen molar-refractivity contribution in [2.75, 3.05) is 5.73 Å². The summed E-state index contributed by atoms with van der Waals surface area (Å²) in [5, 5.41) is 3.25. The number of amides is 1. The highest BCUT2D eigenvalue weighted by atomic mass is 35.5. The Morgan fingerprint density at radius 2 is 2.00 bits per heavy atom. The number of nitrogens with zero attached hydrogens (tertiary/aromatic N) is 2. The molecule has 30 heavy (non-hydrogen) atoms. The van der Waals surface area contributed by atoms with E-state index in [1.54, 1.807) is 6.20 Å². The molecule has 1 aliphatic carbocycles. The normalized spacial score (nSPS) is 14.8. The number of anilines is 1. The smallest absolute Gasteiger partial charge is 0.253 e. The van der Waals surface area contributed by atoms with Crippen LogP contribution in [0.4, 0.5) is 5.69 Å². The summed E-state index contributed by atoms with van der Waals surface area (Å²) in [4.78, 5) is 17.5. The summed E-state index contributed by atoms with van der Waals surface area (Å²) in [6.45, 7) is 4.70. The molecule has 2 aromatic heterocycles. The fourth-order valence-corrected chi connectivity index (χ4v) is 4.15. The van der Waals surface area contributed by atoms with Crippen LogP contribution in [0.15, 0.2) is 48.7 Å². The predicted molar refractivity (Wildman–Crippen MR) is 126 cm³/mol. The maximum atomic E-state index is 13.1. The molecule has 1 atom stereocenters. The van der Waals surface area contributed by atoms with Gasteiger partial charge in [0.25, 0.3) is 5.91 Å². The molecule has 2 heterocycles. The average molecular weight is 447 g/mol. The van der Waals surface area contributed by atoms with Crippen LogP contribution < -0.4 is 11.1 Å². The van der Waals surface area contributed by atoms with Gasteiger partial charge < -0.3 is 15.6 Å². The van der Waals surface area contributed by atoms with Crippen LogP contribution in [0, 0.1) is 13.8 Å². The van der Waals surface area contributed by atoms with E-state index in [2.05, 4.69) is 20.9 Å². The molecule has 7 heteroatoms. The topological polar surface area (TPSA) is 72.9 Å². The molecule has 1 amide bonds. The number of nitrogens with two attached hydrogens (primary N) is 1. The standard InChI is InChI=1S/C23H26N4O.2ClH/c1-15-12-21(16(2)27(15)14-19-7-3-4-11-25-19)23(28)26-22-8-5-6-17-13-18(24)9-10-20(17)22;;/h3-4,7,9-13,22H,5-6,8,14,24H2,1-2H3,(H,26,28);2*1H. The molecule has 160 valence electrons. The van der Waals surface area contributed by atoms with Gasteiger partial charge in [-0.15, -0.1) is 24.8 Å². The molecule has 4 rings (SSSR count). The molecular formula is C23H28Cl2N4O. The van der Waals surface area contributed by atoms with Crippen LogP contribution in [0.1, 0.15) is 57.5 Å². The van der Waals surface area contributed by atoms with E-state index in [9.17, 15) is 4.79 Å². The quantitative estimate of drug-likeness (QED) is 0.566. The number of nitrogens with one attached hydrogen (secondary N) is 1. The van der Waals surface area contributed by atoms with E-state index in [1.165, 1.54) is 11.1 Å². The Kier molecular flexibility index (Phi) is 7.93. The lowest BCUT2D eigenvalue weighted by Crippen LogP contribution is -2.31. The summed E-state index contributed by atoms with van der Waals surface area (Å²) in [7, 11) is 0. The largest absolute Gasteiger partial charge is 0.399 e. The van der Waals surface area contributed by atoms with E-state index < -0.39 is 0 Å². The molecule has 3 N–H and O–H groups in total. The number of aromatic nitrogens is 2. The molecular weight excluding hydrogens is 419 g/mol. The first-order chi connectivity index (χ1) is 13.5. The van der Waals surface area contributed by atoms with Crippen molar-refractivity contribution >= 4 is 36.4 Å². The lowest BCUT2D eigenvalue weighted by atomic mass is 9.87. The van der Waals surface area contributed by atoms with Crippen molar-refractivity contribution in [2.24, 2.45) is 0 Å². The third kappa shape index (κ3) is 4.79. The SMILES string of the molecule is Cc1cc(C(=O)NC2CCCc3cc(N)ccc32)c(C)n1Cc1ccccn1.Cl.Cl. The number of pyridine rings is 1. The van der Waals surface area contributed by atoms with Crippen LogP contribution in [0.5, 0.6) is 0 Å². The van der Waals surface area contributed by atoms with E-state index in [-0.39, 0.29) is 36.8 Å². The predicted octanol–water partition coefficient (Wildman–Crippen LogP) is 4.78. The fraction of sp³-hybridized carbons (Fsp3) is 0.304. The van der Waals surface area contributed by atoms with E-state index in [1.807, 2.05) is 50.2 Å². The number of carbonyl (C=O) groups is 1. The van der Waals surface area contributed by atoms with Crippen molar-refractivity contribution in [3.05, 3.63) is 82.4 Å². The summed E-state index contributed by atoms with van der Waals surface area (Å²) in [5.74, 6) is -0.0185. The number of nitrogen functional groups attached to an aromatic ring is 1. The molecule has 3 aromatic rings.